The molecule has 0 aromatic heterocycles. The lowest BCUT2D eigenvalue weighted by atomic mass is 10.6. The van der Waals surface area contributed by atoms with E-state index < -0.39 is 6.17 Å². The van der Waals surface area contributed by atoms with E-state index in [9.17, 15) is 0 Å². The van der Waals surface area contributed by atoms with Crippen LogP contribution in [-0.4, -0.2) is 28.7 Å². The van der Waals surface area contributed by atoms with Crippen molar-refractivity contribution >= 4 is 0 Å². The Hall–Kier alpha value is -0.160. The average molecular weight is 106 g/mol. The van der Waals surface area contributed by atoms with Crippen LogP contribution in [0.15, 0.2) is 0 Å². The Kier molecular flexibility index (Phi) is 2.86. The van der Waals surface area contributed by atoms with Gasteiger partial charge in [0.2, 0.25) is 0 Å². The number of nitrogens with zero attached hydrogens (tertiary/aromatic N) is 1. The van der Waals surface area contributed by atoms with Gasteiger partial charge in [0.15, 0.2) is 0 Å². The highest BCUT2D eigenvalue weighted by atomic mass is 16.5. The van der Waals surface area contributed by atoms with Crippen LogP contribution in [0, 0.1) is 0 Å². The van der Waals surface area contributed by atoms with Gasteiger partial charge in [-0.3, -0.25) is 0 Å². The summed E-state index contributed by atoms with van der Waals surface area (Å²) in [5, 5.41) is 17.3. The van der Waals surface area contributed by atoms with Crippen LogP contribution in [0.4, 0.5) is 0 Å². The lowest BCUT2D eigenvalue weighted by Gasteiger charge is -2.14. The van der Waals surface area contributed by atoms with Crippen molar-refractivity contribution in [3.63, 3.8) is 0 Å². The van der Waals surface area contributed by atoms with Gasteiger partial charge < -0.3 is 10.4 Å². The first-order chi connectivity index (χ1) is 3.18. The summed E-state index contributed by atoms with van der Waals surface area (Å²) in [4.78, 5) is 0. The fourth-order valence-corrected chi connectivity index (χ4v) is 0.0836. The highest BCUT2D eigenvalue weighted by Crippen LogP contribution is 1.79. The van der Waals surface area contributed by atoms with Crippen LogP contribution in [0.25, 0.3) is 0 Å². The molecule has 0 bridgehead atoms. The van der Waals surface area contributed by atoms with Crippen molar-refractivity contribution in [1.82, 2.24) is 10.5 Å². The maximum Gasteiger partial charge on any atom is 0.104 e. The van der Waals surface area contributed by atoms with E-state index in [1.807, 2.05) is 5.48 Å². The molecule has 0 saturated heterocycles. The molecule has 4 heteroatoms. The zero-order valence-electron chi connectivity index (χ0n) is 4.42. The van der Waals surface area contributed by atoms with Gasteiger partial charge in [0, 0.05) is 7.05 Å². The van der Waals surface area contributed by atoms with E-state index in [4.69, 9.17) is 10.4 Å². The summed E-state index contributed by atoms with van der Waals surface area (Å²) in [6.07, 6.45) is -0.403. The molecule has 3 N–H and O–H groups in total. The van der Waals surface area contributed by atoms with Gasteiger partial charge in [-0.2, -0.15) is 10.5 Å². The Labute approximate surface area is 42.3 Å². The number of rotatable bonds is 2. The molecular weight excluding hydrogens is 96.0 g/mol. The molecule has 0 aromatic carbocycles. The van der Waals surface area contributed by atoms with Crippen molar-refractivity contribution in [3.8, 4) is 0 Å². The molecular formula is C3H10N2O2. The van der Waals surface area contributed by atoms with Gasteiger partial charge >= 0.3 is 0 Å². The SMILES string of the molecule is CC(NO)N(C)O. The predicted molar refractivity (Wildman–Crippen MR) is 23.9 cm³/mol. The molecule has 44 valence electrons. The van der Waals surface area contributed by atoms with Crippen molar-refractivity contribution in [2.24, 2.45) is 0 Å². The average Bonchev–Trinajstić information content (AvgIpc) is 1.65. The molecule has 0 rings (SSSR count). The van der Waals surface area contributed by atoms with E-state index in [2.05, 4.69) is 0 Å². The quantitative estimate of drug-likeness (QED) is 0.332. The first kappa shape index (κ1) is 6.84. The normalized spacial score (nSPS) is 15.0. The van der Waals surface area contributed by atoms with Crippen LogP contribution >= 0.6 is 0 Å². The zero-order chi connectivity index (χ0) is 5.86. The summed E-state index contributed by atoms with van der Waals surface area (Å²) < 4.78 is 0. The van der Waals surface area contributed by atoms with E-state index in [1.165, 1.54) is 7.05 Å². The summed E-state index contributed by atoms with van der Waals surface area (Å²) in [6, 6.07) is 0. The monoisotopic (exact) mass is 106 g/mol. The van der Waals surface area contributed by atoms with Gasteiger partial charge in [0.25, 0.3) is 0 Å². The van der Waals surface area contributed by atoms with Crippen molar-refractivity contribution in [2.45, 2.75) is 13.1 Å². The van der Waals surface area contributed by atoms with Crippen LogP contribution in [0.3, 0.4) is 0 Å². The van der Waals surface area contributed by atoms with Crippen LogP contribution in [0.2, 0.25) is 0 Å². The standard InChI is InChI=1S/C3H10N2O2/c1-3(4-6)5(2)7/h3-4,6-7H,1-2H3. The van der Waals surface area contributed by atoms with E-state index in [1.54, 1.807) is 6.92 Å². The number of hydrogen-bond donors (Lipinski definition) is 3. The van der Waals surface area contributed by atoms with Crippen molar-refractivity contribution < 1.29 is 10.4 Å². The van der Waals surface area contributed by atoms with E-state index >= 15 is 0 Å². The molecule has 1 unspecified atom stereocenters. The first-order valence-corrected chi connectivity index (χ1v) is 2.00. The highest BCUT2D eigenvalue weighted by Gasteiger charge is 1.99. The Balaban J connectivity index is 3.14. The third-order valence-corrected chi connectivity index (χ3v) is 0.747. The predicted octanol–water partition coefficient (Wildman–Crippen LogP) is -0.368. The maximum absolute atomic E-state index is 8.43. The Morgan fingerprint density at radius 1 is 1.71 bits per heavy atom. The molecule has 0 aliphatic rings. The molecule has 0 aromatic rings. The fourth-order valence-electron chi connectivity index (χ4n) is 0.0836. The molecule has 4 nitrogen and oxygen atoms in total. The second-order valence-electron chi connectivity index (χ2n) is 1.38. The molecule has 0 aliphatic carbocycles. The van der Waals surface area contributed by atoms with Gasteiger partial charge in [-0.25, -0.2) is 0 Å². The topological polar surface area (TPSA) is 55.7 Å². The molecule has 0 radical (unpaired) electrons. The molecule has 0 fully saturated rings. The maximum atomic E-state index is 8.43. The van der Waals surface area contributed by atoms with Crippen LogP contribution < -0.4 is 5.48 Å². The minimum absolute atomic E-state index is 0.403. The number of nitrogens with one attached hydrogen (secondary N) is 1. The summed E-state index contributed by atoms with van der Waals surface area (Å²) in [5.41, 5.74) is 1.84. The van der Waals surface area contributed by atoms with Gasteiger partial charge in [-0.05, 0) is 6.92 Å². The smallest absolute Gasteiger partial charge is 0.104 e. The van der Waals surface area contributed by atoms with Crippen LogP contribution in [0.5, 0.6) is 0 Å². The van der Waals surface area contributed by atoms with Gasteiger partial charge in [0.05, 0.1) is 0 Å². The van der Waals surface area contributed by atoms with Crippen LogP contribution in [-0.2, 0) is 0 Å². The van der Waals surface area contributed by atoms with Gasteiger partial charge in [-0.1, -0.05) is 0 Å². The van der Waals surface area contributed by atoms with Crippen molar-refractivity contribution in [2.75, 3.05) is 7.05 Å². The molecule has 0 heterocycles. The minimum atomic E-state index is -0.403. The summed E-state index contributed by atoms with van der Waals surface area (Å²) in [5.74, 6) is 0. The second kappa shape index (κ2) is 2.92. The van der Waals surface area contributed by atoms with Gasteiger partial charge in [-0.15, -0.1) is 0 Å². The highest BCUT2D eigenvalue weighted by molar-refractivity contribution is 4.39. The summed E-state index contributed by atoms with van der Waals surface area (Å²) >= 11 is 0. The van der Waals surface area contributed by atoms with Crippen molar-refractivity contribution in [3.05, 3.63) is 0 Å². The van der Waals surface area contributed by atoms with Crippen LogP contribution in [0.1, 0.15) is 6.92 Å². The number of hydrogen-bond acceptors (Lipinski definition) is 4. The molecule has 7 heavy (non-hydrogen) atoms. The first-order valence-electron chi connectivity index (χ1n) is 2.00. The Bertz CT molecular complexity index is 48.2. The minimum Gasteiger partial charge on any atom is -0.315 e. The largest absolute Gasteiger partial charge is 0.315 e. The molecule has 0 spiro atoms. The lowest BCUT2D eigenvalue weighted by Crippen LogP contribution is -2.36. The summed E-state index contributed by atoms with van der Waals surface area (Å²) in [7, 11) is 1.44. The second-order valence-corrected chi connectivity index (χ2v) is 1.38. The molecule has 0 aliphatic heterocycles. The molecule has 0 amide bonds. The summed E-state index contributed by atoms with van der Waals surface area (Å²) in [6.45, 7) is 1.61. The van der Waals surface area contributed by atoms with E-state index in [0.29, 0.717) is 0 Å². The third kappa shape index (κ3) is 2.52. The van der Waals surface area contributed by atoms with Gasteiger partial charge in [0.1, 0.15) is 6.17 Å². The van der Waals surface area contributed by atoms with E-state index in [0.717, 1.165) is 5.06 Å². The molecule has 0 saturated carbocycles. The Morgan fingerprint density at radius 3 is 2.14 bits per heavy atom. The third-order valence-electron chi connectivity index (χ3n) is 0.747. The lowest BCUT2D eigenvalue weighted by molar-refractivity contribution is -0.136. The molecule has 1 atom stereocenters. The zero-order valence-corrected chi connectivity index (χ0v) is 4.42. The fraction of sp³-hybridized carbons (Fsp3) is 1.00. The van der Waals surface area contributed by atoms with E-state index in [-0.39, 0.29) is 0 Å². The Morgan fingerprint density at radius 2 is 2.14 bits per heavy atom. The van der Waals surface area contributed by atoms with Crippen molar-refractivity contribution in [1.29, 1.82) is 0 Å². The number of hydroxylamine groups is 3.